The van der Waals surface area contributed by atoms with Crippen LogP contribution in [0.25, 0.3) is 11.1 Å². The van der Waals surface area contributed by atoms with Crippen molar-refractivity contribution >= 4 is 35.3 Å². The van der Waals surface area contributed by atoms with Gasteiger partial charge in [0.25, 0.3) is 17.7 Å². The number of hydrogen-bond donors (Lipinski definition) is 2. The highest BCUT2D eigenvalue weighted by Crippen LogP contribution is 2.39. The third-order valence-corrected chi connectivity index (χ3v) is 8.15. The minimum atomic E-state index is -1.89. The summed E-state index contributed by atoms with van der Waals surface area (Å²) in [5, 5.41) is 13.0. The van der Waals surface area contributed by atoms with Crippen LogP contribution in [0.3, 0.4) is 0 Å². The van der Waals surface area contributed by atoms with E-state index in [1.54, 1.807) is 50.5 Å². The van der Waals surface area contributed by atoms with E-state index in [4.69, 9.17) is 9.47 Å². The van der Waals surface area contributed by atoms with Crippen molar-refractivity contribution in [1.29, 1.82) is 0 Å². The lowest BCUT2D eigenvalue weighted by atomic mass is 9.90. The van der Waals surface area contributed by atoms with Crippen LogP contribution in [0, 0.1) is 0 Å². The molecule has 240 valence electrons. The van der Waals surface area contributed by atoms with Crippen LogP contribution in [0.4, 0.5) is 5.69 Å². The van der Waals surface area contributed by atoms with E-state index in [1.807, 2.05) is 30.3 Å². The van der Waals surface area contributed by atoms with Crippen LogP contribution in [-0.4, -0.2) is 79.4 Å². The molecule has 11 heteroatoms. The number of likely N-dealkylation sites (N-methyl/N-ethyl adjacent to an activating group) is 1. The van der Waals surface area contributed by atoms with Gasteiger partial charge < -0.3 is 29.7 Å². The average Bonchev–Trinajstić information content (AvgIpc) is 3.30. The maximum atomic E-state index is 13.7. The van der Waals surface area contributed by atoms with Crippen molar-refractivity contribution < 1.29 is 38.6 Å². The molecule has 4 aromatic carbocycles. The summed E-state index contributed by atoms with van der Waals surface area (Å²) in [7, 11) is 6.00. The van der Waals surface area contributed by atoms with Gasteiger partial charge in [-0.1, -0.05) is 60.7 Å². The number of esters is 1. The van der Waals surface area contributed by atoms with E-state index in [-0.39, 0.29) is 28.8 Å². The first-order valence-corrected chi connectivity index (χ1v) is 14.6. The molecule has 0 unspecified atom stereocenters. The van der Waals surface area contributed by atoms with Gasteiger partial charge >= 0.3 is 11.9 Å². The molecule has 0 saturated heterocycles. The van der Waals surface area contributed by atoms with Crippen molar-refractivity contribution in [2.45, 2.75) is 12.0 Å². The second kappa shape index (κ2) is 13.2. The Morgan fingerprint density at radius 1 is 0.894 bits per heavy atom. The molecule has 5 rings (SSSR count). The third kappa shape index (κ3) is 6.02. The highest BCUT2D eigenvalue weighted by molar-refractivity contribution is 6.12. The summed E-state index contributed by atoms with van der Waals surface area (Å²) in [6.07, 6.45) is -0.301. The minimum Gasteiger partial charge on any atom is -0.496 e. The predicted molar refractivity (Wildman–Crippen MR) is 173 cm³/mol. The lowest BCUT2D eigenvalue weighted by Crippen LogP contribution is -2.51. The Bertz CT molecular complexity index is 1890. The molecule has 0 aromatic heterocycles. The number of carbonyl (C=O) groups is 5. The molecule has 0 saturated carbocycles. The highest BCUT2D eigenvalue weighted by Gasteiger charge is 2.54. The molecule has 0 bridgehead atoms. The molecule has 0 aliphatic carbocycles. The van der Waals surface area contributed by atoms with E-state index < -0.39 is 41.8 Å². The zero-order valence-corrected chi connectivity index (χ0v) is 26.3. The number of carboxylic acids is 1. The lowest BCUT2D eigenvalue weighted by molar-refractivity contribution is -0.159. The van der Waals surface area contributed by atoms with Crippen molar-refractivity contribution in [2.75, 3.05) is 40.2 Å². The van der Waals surface area contributed by atoms with Crippen molar-refractivity contribution in [2.24, 2.45) is 0 Å². The van der Waals surface area contributed by atoms with Gasteiger partial charge in [-0.25, -0.2) is 4.79 Å². The van der Waals surface area contributed by atoms with Crippen molar-refractivity contribution in [1.82, 2.24) is 9.80 Å². The summed E-state index contributed by atoms with van der Waals surface area (Å²) < 4.78 is 11.0. The summed E-state index contributed by atoms with van der Waals surface area (Å²) in [6.45, 7) is -0.609. The fraction of sp³-hybridized carbons (Fsp3) is 0.194. The molecular weight excluding hydrogens is 602 g/mol. The first-order chi connectivity index (χ1) is 22.5. The molecule has 2 N–H and O–H groups in total. The fourth-order valence-corrected chi connectivity index (χ4v) is 5.67. The van der Waals surface area contributed by atoms with E-state index in [9.17, 15) is 29.1 Å². The zero-order valence-electron chi connectivity index (χ0n) is 26.3. The van der Waals surface area contributed by atoms with Crippen molar-refractivity contribution in [3.63, 3.8) is 0 Å². The lowest BCUT2D eigenvalue weighted by Gasteiger charge is -2.32. The smallest absolute Gasteiger partial charge is 0.338 e. The molecule has 1 heterocycles. The summed E-state index contributed by atoms with van der Waals surface area (Å²) in [4.78, 5) is 67.6. The number of methoxy groups -OCH3 is 1. The number of nitrogens with zero attached hydrogens (tertiary/aromatic N) is 2. The quantitative estimate of drug-likeness (QED) is 0.243. The first-order valence-electron chi connectivity index (χ1n) is 14.6. The van der Waals surface area contributed by atoms with Gasteiger partial charge in [0, 0.05) is 37.8 Å². The Morgan fingerprint density at radius 2 is 1.60 bits per heavy atom. The van der Waals surface area contributed by atoms with Gasteiger partial charge in [0.15, 0.2) is 0 Å². The number of benzene rings is 4. The van der Waals surface area contributed by atoms with Gasteiger partial charge in [-0.05, 0) is 41.5 Å². The Hall–Kier alpha value is -5.97. The predicted octanol–water partition coefficient (Wildman–Crippen LogP) is 4.47. The van der Waals surface area contributed by atoms with E-state index in [2.05, 4.69) is 5.32 Å². The number of fused-ring (bicyclic) bond motifs is 1. The molecule has 0 fully saturated rings. The summed E-state index contributed by atoms with van der Waals surface area (Å²) >= 11 is 0. The monoisotopic (exact) mass is 635 g/mol. The molecule has 1 aliphatic rings. The number of ether oxygens (including phenoxy) is 2. The van der Waals surface area contributed by atoms with Gasteiger partial charge in [0.2, 0.25) is 5.54 Å². The molecule has 1 aliphatic heterocycles. The van der Waals surface area contributed by atoms with Crippen LogP contribution in [-0.2, 0) is 26.3 Å². The molecule has 4 aromatic rings. The number of carboxylic acid groups (broad SMARTS) is 1. The topological polar surface area (TPSA) is 143 Å². The van der Waals surface area contributed by atoms with E-state index >= 15 is 0 Å². The molecule has 3 amide bonds. The Morgan fingerprint density at radius 3 is 2.28 bits per heavy atom. The number of aliphatic carboxylic acids is 1. The van der Waals surface area contributed by atoms with Gasteiger partial charge in [-0.3, -0.25) is 19.2 Å². The number of nitrogens with one attached hydrogen (secondary N) is 1. The number of carbonyl (C=O) groups excluding carboxylic acids is 4. The molecule has 0 spiro atoms. The Kier molecular flexibility index (Phi) is 9.09. The summed E-state index contributed by atoms with van der Waals surface area (Å²) in [6, 6.07) is 25.3. The number of hydrogen-bond acceptors (Lipinski definition) is 7. The SMILES string of the molecule is COc1cccc(C(=O)Nc2ccc(CC(=O)OC[C@@]3(C(=O)O)c4ccccc4C(=O)N3C)cc2C(=O)N(C)C)c1-c1ccccc1. The van der Waals surface area contributed by atoms with Crippen molar-refractivity contribution in [3.8, 4) is 16.9 Å². The van der Waals surface area contributed by atoms with Crippen LogP contribution < -0.4 is 10.1 Å². The van der Waals surface area contributed by atoms with Crippen LogP contribution >= 0.6 is 0 Å². The average molecular weight is 636 g/mol. The largest absolute Gasteiger partial charge is 0.496 e. The van der Waals surface area contributed by atoms with Crippen LogP contribution in [0.2, 0.25) is 0 Å². The third-order valence-electron chi connectivity index (χ3n) is 8.15. The Balaban J connectivity index is 1.39. The molecule has 11 nitrogen and oxygen atoms in total. The van der Waals surface area contributed by atoms with Crippen LogP contribution in [0.1, 0.15) is 42.2 Å². The van der Waals surface area contributed by atoms with Gasteiger partial charge in [0.05, 0.1) is 30.3 Å². The molecule has 1 atom stereocenters. The standard InChI is InChI=1S/C36H33N3O8/c1-38(2)33(42)26-19-22(20-30(40)47-21-36(35(44)45)27-15-9-8-13-24(27)34(43)39(36)3)17-18-28(26)37-32(41)25-14-10-16-29(46-4)31(25)23-11-6-5-7-12-23/h5-19H,20-21H2,1-4H3,(H,37,41)(H,44,45)/t36-/m0/s1. The molecular formula is C36H33N3O8. The number of rotatable bonds is 10. The molecule has 47 heavy (non-hydrogen) atoms. The fourth-order valence-electron chi connectivity index (χ4n) is 5.67. The van der Waals surface area contributed by atoms with Gasteiger partial charge in [0.1, 0.15) is 12.4 Å². The van der Waals surface area contributed by atoms with Crippen molar-refractivity contribution in [3.05, 3.63) is 119 Å². The first kappa shape index (κ1) is 32.4. The number of amides is 3. The van der Waals surface area contributed by atoms with Crippen LogP contribution in [0.15, 0.2) is 91.0 Å². The maximum absolute atomic E-state index is 13.7. The maximum Gasteiger partial charge on any atom is 0.338 e. The summed E-state index contributed by atoms with van der Waals surface area (Å²) in [5.41, 5.74) is 1.01. The minimum absolute atomic E-state index is 0.134. The van der Waals surface area contributed by atoms with Gasteiger partial charge in [-0.15, -0.1) is 0 Å². The molecule has 0 radical (unpaired) electrons. The number of anilines is 1. The second-order valence-electron chi connectivity index (χ2n) is 11.2. The van der Waals surface area contributed by atoms with Crippen LogP contribution in [0.5, 0.6) is 5.75 Å². The highest BCUT2D eigenvalue weighted by atomic mass is 16.5. The zero-order chi connectivity index (χ0) is 33.9. The normalized spacial score (nSPS) is 15.1. The Labute approximate surface area is 271 Å². The van der Waals surface area contributed by atoms with Gasteiger partial charge in [-0.2, -0.15) is 0 Å². The van der Waals surface area contributed by atoms with E-state index in [0.29, 0.717) is 22.4 Å². The second-order valence-corrected chi connectivity index (χ2v) is 11.2. The van der Waals surface area contributed by atoms with E-state index in [1.165, 1.54) is 43.3 Å². The van der Waals surface area contributed by atoms with E-state index in [0.717, 1.165) is 10.5 Å². The summed E-state index contributed by atoms with van der Waals surface area (Å²) in [5.74, 6) is -2.98.